The average Bonchev–Trinajstić information content (AvgIpc) is 3.21. The Morgan fingerprint density at radius 3 is 2.40 bits per heavy atom. The highest BCUT2D eigenvalue weighted by Gasteiger charge is 2.32. The fraction of sp³-hybridized carbons (Fsp3) is 0.381. The molecule has 1 amide bonds. The van der Waals surface area contributed by atoms with E-state index in [1.807, 2.05) is 29.2 Å². The molecule has 0 N–H and O–H groups in total. The molecule has 9 heteroatoms. The van der Waals surface area contributed by atoms with Gasteiger partial charge in [-0.1, -0.05) is 30.3 Å². The molecule has 2 aromatic rings. The number of anilines is 1. The Labute approximate surface area is 177 Å². The third kappa shape index (κ3) is 5.22. The molecule has 0 bridgehead atoms. The highest BCUT2D eigenvalue weighted by molar-refractivity contribution is 7.93. The Balaban J connectivity index is 1.61. The lowest BCUT2D eigenvalue weighted by molar-refractivity contribution is 0.183. The Morgan fingerprint density at radius 1 is 1.07 bits per heavy atom. The maximum absolute atomic E-state index is 12.9. The summed E-state index contributed by atoms with van der Waals surface area (Å²) in [4.78, 5) is 14.2. The number of hydrogen-bond donors (Lipinski definition) is 0. The van der Waals surface area contributed by atoms with Crippen LogP contribution in [0.2, 0.25) is 0 Å². The van der Waals surface area contributed by atoms with E-state index >= 15 is 0 Å². The zero-order chi connectivity index (χ0) is 21.6. The Hall–Kier alpha value is -2.78. The first-order chi connectivity index (χ1) is 14.4. The summed E-state index contributed by atoms with van der Waals surface area (Å²) in [6.45, 7) is 1.59. The van der Waals surface area contributed by atoms with Crippen molar-refractivity contribution in [1.29, 1.82) is 0 Å². The van der Waals surface area contributed by atoms with Gasteiger partial charge in [-0.2, -0.15) is 4.31 Å². The van der Waals surface area contributed by atoms with Crippen LogP contribution in [0.5, 0.6) is 11.5 Å². The molecule has 1 unspecified atom stereocenters. The Kier molecular flexibility index (Phi) is 7.17. The van der Waals surface area contributed by atoms with Crippen molar-refractivity contribution >= 4 is 21.8 Å². The van der Waals surface area contributed by atoms with E-state index in [-0.39, 0.29) is 24.1 Å². The number of para-hydroxylation sites is 3. The van der Waals surface area contributed by atoms with Crippen LogP contribution in [0, 0.1) is 0 Å². The van der Waals surface area contributed by atoms with Crippen LogP contribution in [0.1, 0.15) is 6.42 Å². The van der Waals surface area contributed by atoms with Gasteiger partial charge in [-0.05, 0) is 30.7 Å². The van der Waals surface area contributed by atoms with Crippen LogP contribution in [0.3, 0.4) is 0 Å². The predicted molar refractivity (Wildman–Crippen MR) is 114 cm³/mol. The summed E-state index contributed by atoms with van der Waals surface area (Å²) < 4.78 is 42.5. The van der Waals surface area contributed by atoms with Crippen LogP contribution in [0.15, 0.2) is 54.6 Å². The molecule has 1 aliphatic rings. The third-order valence-corrected chi connectivity index (χ3v) is 6.48. The van der Waals surface area contributed by atoms with Gasteiger partial charge in [-0.3, -0.25) is 4.90 Å². The molecule has 1 aliphatic heterocycles. The summed E-state index contributed by atoms with van der Waals surface area (Å²) in [5.41, 5.74) is 0.253. The van der Waals surface area contributed by atoms with Gasteiger partial charge in [-0.15, -0.1) is 0 Å². The average molecular weight is 435 g/mol. The fourth-order valence-electron chi connectivity index (χ4n) is 3.35. The molecule has 0 saturated carbocycles. The van der Waals surface area contributed by atoms with E-state index in [0.717, 1.165) is 13.5 Å². The maximum Gasteiger partial charge on any atom is 0.428 e. The van der Waals surface area contributed by atoms with E-state index in [2.05, 4.69) is 0 Å². The van der Waals surface area contributed by atoms with E-state index < -0.39 is 16.1 Å². The summed E-state index contributed by atoms with van der Waals surface area (Å²) in [6.07, 6.45) is -0.216. The lowest BCUT2D eigenvalue weighted by Crippen LogP contribution is -2.41. The zero-order valence-electron chi connectivity index (χ0n) is 17.1. The molecular weight excluding hydrogens is 408 g/mol. The van der Waals surface area contributed by atoms with E-state index in [0.29, 0.717) is 28.9 Å². The predicted octanol–water partition coefficient (Wildman–Crippen LogP) is 2.75. The Morgan fingerprint density at radius 2 is 1.73 bits per heavy atom. The van der Waals surface area contributed by atoms with Crippen molar-refractivity contribution in [2.75, 3.05) is 43.9 Å². The van der Waals surface area contributed by atoms with Gasteiger partial charge in [0.25, 0.3) is 0 Å². The quantitative estimate of drug-likeness (QED) is 0.631. The number of hydrogen-bond acceptors (Lipinski definition) is 7. The summed E-state index contributed by atoms with van der Waals surface area (Å²) >= 11 is 0. The summed E-state index contributed by atoms with van der Waals surface area (Å²) in [5, 5.41) is 0. The number of benzene rings is 2. The number of carbonyl (C=O) groups excluding carboxylic acids is 1. The van der Waals surface area contributed by atoms with Crippen LogP contribution in [0.25, 0.3) is 0 Å². The number of methoxy groups -OCH3 is 2. The van der Waals surface area contributed by atoms with Gasteiger partial charge in [0.15, 0.2) is 11.5 Å². The molecule has 2 aromatic carbocycles. The SMILES string of the molecule is COC(=O)N(c1ccccc1)S(=O)(=O)CCN1CCC(Oc2ccccc2OC)C1. The lowest BCUT2D eigenvalue weighted by atomic mass is 10.3. The number of sulfonamides is 1. The number of carbonyl (C=O) groups is 1. The van der Waals surface area contributed by atoms with Gasteiger partial charge in [0.1, 0.15) is 6.10 Å². The molecule has 0 radical (unpaired) electrons. The number of amides is 1. The second kappa shape index (κ2) is 9.82. The van der Waals surface area contributed by atoms with Crippen LogP contribution in [0.4, 0.5) is 10.5 Å². The minimum absolute atomic E-state index is 0.0603. The van der Waals surface area contributed by atoms with Crippen molar-refractivity contribution < 1.29 is 27.4 Å². The maximum atomic E-state index is 12.9. The normalized spacial score (nSPS) is 16.8. The molecule has 3 rings (SSSR count). The van der Waals surface area contributed by atoms with Crippen LogP contribution in [-0.4, -0.2) is 65.1 Å². The standard InChI is InChI=1S/C21H26N2O6S/c1-27-19-10-6-7-11-20(19)29-18-12-13-22(16-18)14-15-30(25,26)23(21(24)28-2)17-8-4-3-5-9-17/h3-11,18H,12-16H2,1-2H3. The first-order valence-electron chi connectivity index (χ1n) is 9.62. The first-order valence-corrected chi connectivity index (χ1v) is 11.2. The number of nitrogens with zero attached hydrogens (tertiary/aromatic N) is 2. The van der Waals surface area contributed by atoms with Crippen molar-refractivity contribution in [2.24, 2.45) is 0 Å². The second-order valence-electron chi connectivity index (χ2n) is 6.87. The molecule has 1 atom stereocenters. The van der Waals surface area contributed by atoms with Gasteiger partial charge < -0.3 is 14.2 Å². The molecule has 1 heterocycles. The summed E-state index contributed by atoms with van der Waals surface area (Å²) in [5.74, 6) is 1.12. The molecule has 8 nitrogen and oxygen atoms in total. The summed E-state index contributed by atoms with van der Waals surface area (Å²) in [7, 11) is -1.15. The van der Waals surface area contributed by atoms with Crippen molar-refractivity contribution in [1.82, 2.24) is 4.90 Å². The monoisotopic (exact) mass is 434 g/mol. The smallest absolute Gasteiger partial charge is 0.428 e. The molecule has 0 aromatic heterocycles. The molecule has 1 saturated heterocycles. The second-order valence-corrected chi connectivity index (χ2v) is 8.80. The Bertz CT molecular complexity index is 951. The topological polar surface area (TPSA) is 85.4 Å². The largest absolute Gasteiger partial charge is 0.493 e. The minimum Gasteiger partial charge on any atom is -0.493 e. The van der Waals surface area contributed by atoms with Crippen LogP contribution in [-0.2, 0) is 14.8 Å². The fourth-order valence-corrected chi connectivity index (χ4v) is 4.77. The molecule has 30 heavy (non-hydrogen) atoms. The van der Waals surface area contributed by atoms with Gasteiger partial charge in [0.2, 0.25) is 10.0 Å². The van der Waals surface area contributed by atoms with E-state index in [9.17, 15) is 13.2 Å². The molecule has 0 aliphatic carbocycles. The van der Waals surface area contributed by atoms with E-state index in [1.165, 1.54) is 0 Å². The van der Waals surface area contributed by atoms with Gasteiger partial charge in [-0.25, -0.2) is 13.2 Å². The minimum atomic E-state index is -3.90. The zero-order valence-corrected chi connectivity index (χ0v) is 17.9. The van der Waals surface area contributed by atoms with Gasteiger partial charge >= 0.3 is 6.09 Å². The molecule has 0 spiro atoms. The van der Waals surface area contributed by atoms with Gasteiger partial charge in [0.05, 0.1) is 25.7 Å². The number of rotatable bonds is 8. The van der Waals surface area contributed by atoms with Crippen molar-refractivity contribution in [3.8, 4) is 11.5 Å². The first kappa shape index (κ1) is 21.9. The van der Waals surface area contributed by atoms with E-state index in [4.69, 9.17) is 14.2 Å². The molecular formula is C21H26N2O6S. The highest BCUT2D eigenvalue weighted by atomic mass is 32.2. The van der Waals surface area contributed by atoms with Crippen molar-refractivity contribution in [2.45, 2.75) is 12.5 Å². The number of likely N-dealkylation sites (tertiary alicyclic amines) is 1. The van der Waals surface area contributed by atoms with Crippen molar-refractivity contribution in [3.05, 3.63) is 54.6 Å². The van der Waals surface area contributed by atoms with Crippen LogP contribution < -0.4 is 13.8 Å². The molecule has 1 fully saturated rings. The lowest BCUT2D eigenvalue weighted by Gasteiger charge is -2.23. The molecule has 162 valence electrons. The summed E-state index contributed by atoms with van der Waals surface area (Å²) in [6, 6.07) is 15.6. The third-order valence-electron chi connectivity index (χ3n) is 4.87. The number of ether oxygens (including phenoxy) is 3. The van der Waals surface area contributed by atoms with E-state index in [1.54, 1.807) is 37.4 Å². The van der Waals surface area contributed by atoms with Gasteiger partial charge in [0, 0.05) is 19.6 Å². The highest BCUT2D eigenvalue weighted by Crippen LogP contribution is 2.28. The van der Waals surface area contributed by atoms with Crippen LogP contribution >= 0.6 is 0 Å². The van der Waals surface area contributed by atoms with Crippen molar-refractivity contribution in [3.63, 3.8) is 0 Å².